The lowest BCUT2D eigenvalue weighted by atomic mass is 9.86. The van der Waals surface area contributed by atoms with Gasteiger partial charge >= 0.3 is 0 Å². The van der Waals surface area contributed by atoms with Crippen LogP contribution in [0, 0.1) is 5.92 Å². The molecule has 1 aromatic heterocycles. The Balaban J connectivity index is 1.28. The first-order valence-electron chi connectivity index (χ1n) is 10.2. The standard InChI is InChI=1S/C20H30N4O2/c21-17-3-1-12-24(20(25)15-4-5-15)18(17)13-26-16-8-6-14(7-9-16)19-22-10-2-11-23-19/h2,10-11,14-18H,1,3-9,12-13,21H2/t14-,16+,17-,18-/m0/s1. The molecule has 6 nitrogen and oxygen atoms in total. The summed E-state index contributed by atoms with van der Waals surface area (Å²) in [5, 5.41) is 0. The van der Waals surface area contributed by atoms with E-state index in [1.165, 1.54) is 0 Å². The van der Waals surface area contributed by atoms with E-state index in [0.717, 1.165) is 63.7 Å². The Morgan fingerprint density at radius 3 is 2.54 bits per heavy atom. The average Bonchev–Trinajstić information content (AvgIpc) is 3.53. The lowest BCUT2D eigenvalue weighted by molar-refractivity contribution is -0.139. The number of nitrogens with two attached hydrogens (primary N) is 1. The second kappa shape index (κ2) is 8.01. The van der Waals surface area contributed by atoms with Crippen LogP contribution in [-0.2, 0) is 9.53 Å². The Bertz CT molecular complexity index is 599. The highest BCUT2D eigenvalue weighted by atomic mass is 16.5. The number of amides is 1. The molecule has 1 aliphatic heterocycles. The molecule has 3 fully saturated rings. The number of rotatable bonds is 5. The number of nitrogens with zero attached hydrogens (tertiary/aromatic N) is 3. The third-order valence-electron chi connectivity index (χ3n) is 6.17. The zero-order valence-electron chi connectivity index (χ0n) is 15.4. The van der Waals surface area contributed by atoms with Crippen molar-refractivity contribution in [3.63, 3.8) is 0 Å². The van der Waals surface area contributed by atoms with Gasteiger partial charge in [0.05, 0.1) is 18.8 Å². The van der Waals surface area contributed by atoms with Crippen LogP contribution < -0.4 is 5.73 Å². The van der Waals surface area contributed by atoms with Crippen molar-refractivity contribution in [1.29, 1.82) is 0 Å². The second-order valence-electron chi connectivity index (χ2n) is 8.09. The molecule has 1 saturated heterocycles. The van der Waals surface area contributed by atoms with E-state index in [4.69, 9.17) is 10.5 Å². The molecule has 6 heteroatoms. The van der Waals surface area contributed by atoms with Gasteiger partial charge in [-0.05, 0) is 57.4 Å². The lowest BCUT2D eigenvalue weighted by Crippen LogP contribution is -2.57. The van der Waals surface area contributed by atoms with Gasteiger partial charge in [0.25, 0.3) is 0 Å². The number of likely N-dealkylation sites (tertiary alicyclic amines) is 1. The van der Waals surface area contributed by atoms with Crippen molar-refractivity contribution in [2.75, 3.05) is 13.2 Å². The molecule has 2 aliphatic carbocycles. The summed E-state index contributed by atoms with van der Waals surface area (Å²) in [5.41, 5.74) is 6.35. The maximum absolute atomic E-state index is 12.6. The Morgan fingerprint density at radius 1 is 1.12 bits per heavy atom. The maximum atomic E-state index is 12.6. The van der Waals surface area contributed by atoms with Crippen LogP contribution >= 0.6 is 0 Å². The fraction of sp³-hybridized carbons (Fsp3) is 0.750. The molecule has 4 rings (SSSR count). The van der Waals surface area contributed by atoms with Crippen LogP contribution in [0.5, 0.6) is 0 Å². The predicted octanol–water partition coefficient (Wildman–Crippen LogP) is 2.25. The van der Waals surface area contributed by atoms with Crippen LogP contribution in [0.1, 0.15) is 63.1 Å². The van der Waals surface area contributed by atoms with E-state index in [1.807, 2.05) is 23.4 Å². The smallest absolute Gasteiger partial charge is 0.226 e. The second-order valence-corrected chi connectivity index (χ2v) is 8.09. The summed E-state index contributed by atoms with van der Waals surface area (Å²) in [4.78, 5) is 23.4. The first-order valence-corrected chi connectivity index (χ1v) is 10.2. The highest BCUT2D eigenvalue weighted by Crippen LogP contribution is 2.34. The molecule has 0 spiro atoms. The molecule has 2 atom stereocenters. The number of piperidine rings is 1. The first kappa shape index (κ1) is 17.9. The minimum Gasteiger partial charge on any atom is -0.376 e. The number of aromatic nitrogens is 2. The molecule has 142 valence electrons. The zero-order chi connectivity index (χ0) is 17.9. The Morgan fingerprint density at radius 2 is 1.85 bits per heavy atom. The summed E-state index contributed by atoms with van der Waals surface area (Å²) in [7, 11) is 0. The van der Waals surface area contributed by atoms with Gasteiger partial charge in [-0.1, -0.05) is 0 Å². The molecular formula is C20H30N4O2. The van der Waals surface area contributed by atoms with Gasteiger partial charge in [-0.3, -0.25) is 4.79 Å². The van der Waals surface area contributed by atoms with Crippen molar-refractivity contribution in [2.24, 2.45) is 11.7 Å². The van der Waals surface area contributed by atoms with Crippen molar-refractivity contribution in [1.82, 2.24) is 14.9 Å². The van der Waals surface area contributed by atoms with Gasteiger partial charge in [0.2, 0.25) is 5.91 Å². The zero-order valence-corrected chi connectivity index (χ0v) is 15.4. The first-order chi connectivity index (χ1) is 12.7. The SMILES string of the molecule is N[C@H]1CCCN(C(=O)C2CC2)[C@H]1CO[C@H]1CC[C@@H](c2ncccn2)CC1. The third-order valence-corrected chi connectivity index (χ3v) is 6.17. The van der Waals surface area contributed by atoms with Crippen molar-refractivity contribution >= 4 is 5.91 Å². The highest BCUT2D eigenvalue weighted by Gasteiger charge is 2.40. The van der Waals surface area contributed by atoms with Crippen LogP contribution in [0.3, 0.4) is 0 Å². The van der Waals surface area contributed by atoms with Gasteiger partial charge < -0.3 is 15.4 Å². The monoisotopic (exact) mass is 358 g/mol. The van der Waals surface area contributed by atoms with Crippen LogP contribution in [-0.4, -0.2) is 52.1 Å². The Labute approximate surface area is 155 Å². The lowest BCUT2D eigenvalue weighted by Gasteiger charge is -2.41. The molecule has 0 bridgehead atoms. The average molecular weight is 358 g/mol. The van der Waals surface area contributed by atoms with Crippen molar-refractivity contribution < 1.29 is 9.53 Å². The van der Waals surface area contributed by atoms with Crippen molar-refractivity contribution in [3.05, 3.63) is 24.3 Å². The molecule has 26 heavy (non-hydrogen) atoms. The number of ether oxygens (including phenoxy) is 1. The minimum absolute atomic E-state index is 0.0421. The van der Waals surface area contributed by atoms with Crippen LogP contribution in [0.4, 0.5) is 0 Å². The summed E-state index contributed by atoms with van der Waals surface area (Å²) in [6.45, 7) is 1.42. The van der Waals surface area contributed by atoms with E-state index in [2.05, 4.69) is 9.97 Å². The molecule has 3 aliphatic rings. The highest BCUT2D eigenvalue weighted by molar-refractivity contribution is 5.81. The van der Waals surface area contributed by atoms with Crippen LogP contribution in [0.2, 0.25) is 0 Å². The quantitative estimate of drug-likeness (QED) is 0.873. The molecule has 0 aromatic carbocycles. The van der Waals surface area contributed by atoms with Crippen LogP contribution in [0.15, 0.2) is 18.5 Å². The summed E-state index contributed by atoms with van der Waals surface area (Å²) in [6.07, 6.45) is 12.2. The van der Waals surface area contributed by atoms with E-state index in [9.17, 15) is 4.79 Å². The molecular weight excluding hydrogens is 328 g/mol. The minimum atomic E-state index is 0.0421. The van der Waals surface area contributed by atoms with Gasteiger partial charge in [0, 0.05) is 36.8 Å². The Kier molecular flexibility index (Phi) is 5.50. The fourth-order valence-electron chi connectivity index (χ4n) is 4.38. The molecule has 0 radical (unpaired) electrons. The van der Waals surface area contributed by atoms with Gasteiger partial charge in [-0.25, -0.2) is 9.97 Å². The third kappa shape index (κ3) is 4.07. The molecule has 2 N–H and O–H groups in total. The van der Waals surface area contributed by atoms with Gasteiger partial charge in [0.1, 0.15) is 5.82 Å². The molecule has 1 aromatic rings. The van der Waals surface area contributed by atoms with Gasteiger partial charge in [-0.2, -0.15) is 0 Å². The van der Waals surface area contributed by atoms with E-state index < -0.39 is 0 Å². The largest absolute Gasteiger partial charge is 0.376 e. The van der Waals surface area contributed by atoms with Gasteiger partial charge in [-0.15, -0.1) is 0 Å². The molecule has 0 unspecified atom stereocenters. The topological polar surface area (TPSA) is 81.3 Å². The number of hydrogen-bond acceptors (Lipinski definition) is 5. The maximum Gasteiger partial charge on any atom is 0.226 e. The summed E-state index contributed by atoms with van der Waals surface area (Å²) in [6, 6.07) is 1.95. The van der Waals surface area contributed by atoms with E-state index in [1.54, 1.807) is 0 Å². The fourth-order valence-corrected chi connectivity index (χ4v) is 4.38. The van der Waals surface area contributed by atoms with Crippen molar-refractivity contribution in [2.45, 2.75) is 75.5 Å². The van der Waals surface area contributed by atoms with E-state index in [-0.39, 0.29) is 24.1 Å². The van der Waals surface area contributed by atoms with Gasteiger partial charge in [0.15, 0.2) is 0 Å². The van der Waals surface area contributed by atoms with E-state index in [0.29, 0.717) is 18.4 Å². The molecule has 2 heterocycles. The number of carbonyl (C=O) groups excluding carboxylic acids is 1. The number of carbonyl (C=O) groups is 1. The Hall–Kier alpha value is -1.53. The summed E-state index contributed by atoms with van der Waals surface area (Å²) >= 11 is 0. The van der Waals surface area contributed by atoms with Crippen LogP contribution in [0.25, 0.3) is 0 Å². The van der Waals surface area contributed by atoms with Crippen molar-refractivity contribution in [3.8, 4) is 0 Å². The van der Waals surface area contributed by atoms with E-state index >= 15 is 0 Å². The predicted molar refractivity (Wildman–Crippen MR) is 98.4 cm³/mol. The summed E-state index contributed by atoms with van der Waals surface area (Å²) < 4.78 is 6.24. The normalized spacial score (nSPS) is 32.4. The number of hydrogen-bond donors (Lipinski definition) is 1. The molecule has 2 saturated carbocycles. The molecule has 1 amide bonds. The summed E-state index contributed by atoms with van der Waals surface area (Å²) in [5.74, 6) is 1.96.